The van der Waals surface area contributed by atoms with Crippen LogP contribution in [0.25, 0.3) is 11.2 Å². The van der Waals surface area contributed by atoms with Crippen LogP contribution in [0.4, 0.5) is 0 Å². The van der Waals surface area contributed by atoms with Crippen molar-refractivity contribution in [2.24, 2.45) is 0 Å². The van der Waals surface area contributed by atoms with Crippen molar-refractivity contribution in [2.75, 3.05) is 6.61 Å². The van der Waals surface area contributed by atoms with Gasteiger partial charge in [-0.2, -0.15) is 17.9 Å². The molecule has 1 aliphatic heterocycles. The van der Waals surface area contributed by atoms with Gasteiger partial charge in [-0.05, 0) is 0 Å². The molecule has 25 nitrogen and oxygen atoms in total. The van der Waals surface area contributed by atoms with Gasteiger partial charge < -0.3 is 59.2 Å². The molecular formula is C10H19N4O21P5. The minimum Gasteiger partial charge on any atom is -0.492 e. The topological polar surface area (TPSA) is 398 Å². The number of aliphatic hydroxyl groups excluding tert-OH is 2. The van der Waals surface area contributed by atoms with Crippen molar-refractivity contribution < 1.29 is 99.5 Å². The smallest absolute Gasteiger partial charge is 0.490 e. The summed E-state index contributed by atoms with van der Waals surface area (Å²) in [5.41, 5.74) is -0.0122. The first-order chi connectivity index (χ1) is 17.9. The van der Waals surface area contributed by atoms with Crippen LogP contribution in [0.2, 0.25) is 0 Å². The number of imidazole rings is 1. The number of fused-ring (bicyclic) bond motifs is 1. The second-order valence-electron chi connectivity index (χ2n) is 7.02. The van der Waals surface area contributed by atoms with Gasteiger partial charge in [0.05, 0.1) is 12.9 Å². The zero-order valence-corrected chi connectivity index (χ0v) is 23.2. The van der Waals surface area contributed by atoms with Crippen molar-refractivity contribution in [3.8, 4) is 5.88 Å². The Bertz CT molecular complexity index is 1410. The second kappa shape index (κ2) is 12.6. The zero-order valence-electron chi connectivity index (χ0n) is 18.7. The summed E-state index contributed by atoms with van der Waals surface area (Å²) in [6, 6.07) is 0. The fourth-order valence-corrected chi connectivity index (χ4v) is 6.87. The minimum atomic E-state index is -5.71. The number of phosphoric acid groups is 5. The molecule has 1 aliphatic rings. The van der Waals surface area contributed by atoms with Crippen LogP contribution in [0.15, 0.2) is 12.7 Å². The second-order valence-corrected chi connectivity index (χ2v) is 14.1. The third-order valence-electron chi connectivity index (χ3n) is 3.98. The van der Waals surface area contributed by atoms with Crippen molar-refractivity contribution in [3.05, 3.63) is 12.7 Å². The van der Waals surface area contributed by atoms with E-state index in [1.807, 2.05) is 0 Å². The highest BCUT2D eigenvalue weighted by Crippen LogP contribution is 2.66. The van der Waals surface area contributed by atoms with Crippen molar-refractivity contribution in [2.45, 2.75) is 24.5 Å². The predicted octanol–water partition coefficient (Wildman–Crippen LogP) is -2.32. The van der Waals surface area contributed by atoms with E-state index >= 15 is 0 Å². The molecule has 0 bridgehead atoms. The summed E-state index contributed by atoms with van der Waals surface area (Å²) in [6.45, 7) is -0.981. The third-order valence-corrected chi connectivity index (χ3v) is 9.49. The first-order valence-corrected chi connectivity index (χ1v) is 17.0. The van der Waals surface area contributed by atoms with Gasteiger partial charge in [-0.1, -0.05) is 0 Å². The molecule has 0 amide bonds. The third kappa shape index (κ3) is 11.0. The van der Waals surface area contributed by atoms with Crippen LogP contribution in [0.5, 0.6) is 5.88 Å². The molecule has 0 spiro atoms. The van der Waals surface area contributed by atoms with E-state index in [9.17, 15) is 43.0 Å². The van der Waals surface area contributed by atoms with E-state index in [-0.39, 0.29) is 11.2 Å². The molecular weight excluding hydrogens is 667 g/mol. The van der Waals surface area contributed by atoms with E-state index in [0.29, 0.717) is 0 Å². The summed E-state index contributed by atoms with van der Waals surface area (Å²) in [4.78, 5) is 77.8. The lowest BCUT2D eigenvalue weighted by atomic mass is 10.1. The van der Waals surface area contributed by atoms with Crippen LogP contribution in [0.1, 0.15) is 6.23 Å². The van der Waals surface area contributed by atoms with Crippen LogP contribution >= 0.6 is 39.1 Å². The fourth-order valence-electron chi connectivity index (χ4n) is 2.73. The Morgan fingerprint density at radius 1 is 0.775 bits per heavy atom. The number of hydrogen-bond donors (Lipinski definition) is 11. The molecule has 0 aliphatic carbocycles. The number of ether oxygens (including phenoxy) is 1. The van der Waals surface area contributed by atoms with Crippen LogP contribution in [-0.2, 0) is 45.0 Å². The highest BCUT2D eigenvalue weighted by Gasteiger charge is 2.47. The maximum absolute atomic E-state index is 11.8. The molecule has 0 aromatic carbocycles. The molecule has 2 aromatic rings. The van der Waals surface area contributed by atoms with Crippen molar-refractivity contribution in [1.29, 1.82) is 0 Å². The van der Waals surface area contributed by atoms with Gasteiger partial charge in [0, 0.05) is 0 Å². The average Bonchev–Trinajstić information content (AvgIpc) is 3.24. The molecule has 2 aromatic heterocycles. The first kappa shape index (κ1) is 35.1. The van der Waals surface area contributed by atoms with E-state index in [4.69, 9.17) is 39.0 Å². The Kier molecular flexibility index (Phi) is 11.1. The molecule has 6 atom stereocenters. The minimum absolute atomic E-state index is 0.0253. The number of aromatic hydroxyl groups is 1. The van der Waals surface area contributed by atoms with Crippen LogP contribution < -0.4 is 0 Å². The SMILES string of the molecule is O=P(O)(O)OP(=O)(O)O.O=P(O)(O)OP(=O)(O)OP(=O)(O)OC[C@H]1O[C@@H](n2cnc3c(O)ncnc32)[C@H](O)[C@@H]1O. The van der Waals surface area contributed by atoms with Gasteiger partial charge in [0.1, 0.15) is 24.6 Å². The average molecular weight is 686 g/mol. The van der Waals surface area contributed by atoms with Crippen LogP contribution in [0, 0.1) is 0 Å². The summed E-state index contributed by atoms with van der Waals surface area (Å²) in [5.74, 6) is -0.457. The van der Waals surface area contributed by atoms with Crippen molar-refractivity contribution in [1.82, 2.24) is 19.5 Å². The number of nitrogens with zero attached hydrogens (tertiary/aromatic N) is 4. The Hall–Kier alpha value is -1.10. The molecule has 30 heteroatoms. The lowest BCUT2D eigenvalue weighted by Crippen LogP contribution is -2.33. The van der Waals surface area contributed by atoms with Gasteiger partial charge in [-0.15, -0.1) is 0 Å². The van der Waals surface area contributed by atoms with E-state index in [1.54, 1.807) is 0 Å². The highest BCUT2D eigenvalue weighted by atomic mass is 31.3. The molecule has 0 saturated carbocycles. The summed E-state index contributed by atoms with van der Waals surface area (Å²) in [5, 5.41) is 30.0. The molecule has 3 heterocycles. The highest BCUT2D eigenvalue weighted by molar-refractivity contribution is 7.66. The standard InChI is InChI=1S/C10H15N4O14P3.H4O7P2/c15-6-4(1-25-30(21,22)28-31(23,24)27-29(18,19)20)26-10(7(6)16)14-3-13-5-8(14)11-2-12-9(5)17;1-8(2,3)7-9(4,5)6/h2-4,6-7,10,15-16H,1H2,(H,21,22)(H,23,24)(H,11,12,17)(H2,18,19,20);(H2,1,2,3)(H2,4,5,6)/t4-,6-,7-,10-;/m1./s1. The molecule has 3 rings (SSSR count). The van der Waals surface area contributed by atoms with Crippen molar-refractivity contribution in [3.63, 3.8) is 0 Å². The summed E-state index contributed by atoms with van der Waals surface area (Å²) < 4.78 is 73.9. The maximum Gasteiger partial charge on any atom is 0.490 e. The van der Waals surface area contributed by atoms with Crippen LogP contribution in [-0.4, -0.2) is 98.9 Å². The quantitative estimate of drug-likeness (QED) is 0.117. The summed E-state index contributed by atoms with van der Waals surface area (Å²) >= 11 is 0. The lowest BCUT2D eigenvalue weighted by Gasteiger charge is -2.19. The molecule has 1 fully saturated rings. The Morgan fingerprint density at radius 3 is 1.82 bits per heavy atom. The monoisotopic (exact) mass is 686 g/mol. The Labute approximate surface area is 219 Å². The molecule has 40 heavy (non-hydrogen) atoms. The number of aliphatic hydroxyl groups is 2. The Morgan fingerprint density at radius 2 is 1.32 bits per heavy atom. The number of hydrogen-bond acceptors (Lipinski definition) is 16. The molecule has 230 valence electrons. The molecule has 2 unspecified atom stereocenters. The van der Waals surface area contributed by atoms with E-state index in [0.717, 1.165) is 17.2 Å². The normalized spacial score (nSPS) is 25.1. The van der Waals surface area contributed by atoms with Gasteiger partial charge in [-0.25, -0.2) is 32.8 Å². The van der Waals surface area contributed by atoms with Crippen LogP contribution in [0.3, 0.4) is 0 Å². The molecule has 0 radical (unpaired) electrons. The predicted molar refractivity (Wildman–Crippen MR) is 118 cm³/mol. The van der Waals surface area contributed by atoms with Gasteiger partial charge in [-0.3, -0.25) is 9.09 Å². The first-order valence-electron chi connectivity index (χ1n) is 9.38. The zero-order chi connectivity index (χ0) is 30.9. The van der Waals surface area contributed by atoms with Gasteiger partial charge in [0.25, 0.3) is 0 Å². The van der Waals surface area contributed by atoms with Gasteiger partial charge in [0.2, 0.25) is 5.88 Å². The van der Waals surface area contributed by atoms with E-state index < -0.39 is 76.1 Å². The molecule has 11 N–H and O–H groups in total. The van der Waals surface area contributed by atoms with E-state index in [1.165, 1.54) is 0 Å². The van der Waals surface area contributed by atoms with Gasteiger partial charge >= 0.3 is 39.1 Å². The van der Waals surface area contributed by atoms with E-state index in [2.05, 4.69) is 32.4 Å². The summed E-state index contributed by atoms with van der Waals surface area (Å²) in [7, 11) is -26.8. The molecule has 1 saturated heterocycles. The number of aromatic nitrogens is 4. The lowest BCUT2D eigenvalue weighted by molar-refractivity contribution is -0.0503. The number of rotatable bonds is 10. The largest absolute Gasteiger partial charge is 0.492 e. The number of phosphoric ester groups is 1. The Balaban J connectivity index is 0.000000536. The fraction of sp³-hybridized carbons (Fsp3) is 0.500. The van der Waals surface area contributed by atoms with Gasteiger partial charge in [0.15, 0.2) is 17.4 Å². The summed E-state index contributed by atoms with van der Waals surface area (Å²) in [6.07, 6.45) is -4.05. The van der Waals surface area contributed by atoms with Crippen molar-refractivity contribution >= 4 is 50.3 Å². The maximum atomic E-state index is 11.8.